The third-order valence-electron chi connectivity index (χ3n) is 8.09. The monoisotopic (exact) mass is 660 g/mol. The fraction of sp³-hybridized carbons (Fsp3) is 0.235. The van der Waals surface area contributed by atoms with Crippen molar-refractivity contribution in [1.82, 2.24) is 0 Å². The van der Waals surface area contributed by atoms with Crippen LogP contribution in [-0.2, 0) is 28.7 Å². The minimum atomic E-state index is -1.65. The highest BCUT2D eigenvalue weighted by Gasteiger charge is 2.44. The van der Waals surface area contributed by atoms with E-state index in [9.17, 15) is 39.0 Å². The van der Waals surface area contributed by atoms with Gasteiger partial charge < -0.3 is 38.0 Å². The van der Waals surface area contributed by atoms with Crippen LogP contribution < -0.4 is 20.3 Å². The molecule has 0 spiro atoms. The summed E-state index contributed by atoms with van der Waals surface area (Å²) >= 11 is 0. The minimum Gasteiger partial charge on any atom is -0.504 e. The predicted octanol–water partition coefficient (Wildman–Crippen LogP) is 3.69. The second-order valence-corrected chi connectivity index (χ2v) is 10.6. The summed E-state index contributed by atoms with van der Waals surface area (Å²) in [5.74, 6) is -9.79. The van der Waals surface area contributed by atoms with E-state index in [1.54, 1.807) is 0 Å². The van der Waals surface area contributed by atoms with Gasteiger partial charge in [0.1, 0.15) is 22.7 Å². The highest BCUT2D eigenvalue weighted by atomic mass is 16.5. The maximum Gasteiger partial charge on any atom is 0.306 e. The Morgan fingerprint density at radius 2 is 1.02 bits per heavy atom. The predicted molar refractivity (Wildman–Crippen MR) is 166 cm³/mol. The topological polar surface area (TPSA) is 206 Å². The molecule has 2 aromatic carbocycles. The second-order valence-electron chi connectivity index (χ2n) is 10.6. The summed E-state index contributed by atoms with van der Waals surface area (Å²) in [7, 11) is 4.85. The van der Waals surface area contributed by atoms with E-state index in [1.807, 2.05) is 0 Å². The van der Waals surface area contributed by atoms with Gasteiger partial charge in [-0.3, -0.25) is 28.8 Å². The second kappa shape index (κ2) is 13.3. The number of hydrogen-bond acceptors (Lipinski definition) is 14. The molecule has 2 atom stereocenters. The van der Waals surface area contributed by atoms with Crippen LogP contribution in [0.2, 0.25) is 0 Å². The van der Waals surface area contributed by atoms with E-state index in [0.717, 1.165) is 26.7 Å². The molecule has 14 heteroatoms. The molecule has 0 saturated heterocycles. The van der Waals surface area contributed by atoms with Gasteiger partial charge in [0.25, 0.3) is 0 Å². The highest BCUT2D eigenvalue weighted by molar-refractivity contribution is 6.24. The normalized spacial score (nSPS) is 14.7. The van der Waals surface area contributed by atoms with Gasteiger partial charge >= 0.3 is 11.9 Å². The van der Waals surface area contributed by atoms with Crippen LogP contribution in [0.3, 0.4) is 0 Å². The van der Waals surface area contributed by atoms with Crippen LogP contribution in [0, 0.1) is 0 Å². The van der Waals surface area contributed by atoms with Gasteiger partial charge in [-0.05, 0) is 36.4 Å². The Kier molecular flexibility index (Phi) is 9.18. The molecule has 0 fully saturated rings. The molecular weight excluding hydrogens is 632 g/mol. The van der Waals surface area contributed by atoms with Crippen molar-refractivity contribution in [3.63, 3.8) is 0 Å². The van der Waals surface area contributed by atoms with Crippen molar-refractivity contribution in [3.8, 4) is 11.5 Å². The van der Waals surface area contributed by atoms with Crippen molar-refractivity contribution >= 4 is 45.4 Å². The number of aliphatic hydroxyl groups excluding tert-OH is 2. The average molecular weight is 661 g/mol. The van der Waals surface area contributed by atoms with E-state index in [-0.39, 0.29) is 33.1 Å². The first kappa shape index (κ1) is 33.2. The summed E-state index contributed by atoms with van der Waals surface area (Å²) < 4.78 is 31.0. The molecule has 14 nitrogen and oxygen atoms in total. The number of methoxy groups -OCH3 is 4. The Morgan fingerprint density at radius 3 is 1.35 bits per heavy atom. The summed E-state index contributed by atoms with van der Waals surface area (Å²) in [6.07, 6.45) is 0.459. The minimum absolute atomic E-state index is 0.00496. The van der Waals surface area contributed by atoms with E-state index in [1.165, 1.54) is 50.6 Å². The van der Waals surface area contributed by atoms with Crippen LogP contribution in [0.4, 0.5) is 0 Å². The lowest BCUT2D eigenvalue weighted by Crippen LogP contribution is -2.33. The molecule has 2 N–H and O–H groups in total. The SMILES string of the molecule is COC(=O)C[C@H](C1=C(O)C(=O)C([C@H](CC(=O)OC)c2coc3ccc(OC)cc3c2=O)=C(O)C1=O)c1coc2ccc(OC)cc2c1=O. The van der Waals surface area contributed by atoms with Gasteiger partial charge in [-0.2, -0.15) is 0 Å². The number of rotatable bonds is 10. The Morgan fingerprint density at radius 1 is 0.646 bits per heavy atom. The molecule has 0 amide bonds. The quantitative estimate of drug-likeness (QED) is 0.184. The lowest BCUT2D eigenvalue weighted by Gasteiger charge is -2.26. The van der Waals surface area contributed by atoms with Crippen LogP contribution in [0.1, 0.15) is 35.8 Å². The van der Waals surface area contributed by atoms with Gasteiger partial charge in [0, 0.05) is 23.0 Å². The molecule has 0 bridgehead atoms. The zero-order valence-corrected chi connectivity index (χ0v) is 26.0. The molecule has 1 aliphatic rings. The first-order chi connectivity index (χ1) is 22.9. The van der Waals surface area contributed by atoms with Crippen LogP contribution in [0.15, 0.2) is 90.0 Å². The lowest BCUT2D eigenvalue weighted by atomic mass is 9.76. The third-order valence-corrected chi connectivity index (χ3v) is 8.09. The summed E-state index contributed by atoms with van der Waals surface area (Å²) in [5.41, 5.74) is -3.47. The first-order valence-electron chi connectivity index (χ1n) is 14.2. The Hall–Kier alpha value is -6.18. The van der Waals surface area contributed by atoms with Crippen LogP contribution >= 0.6 is 0 Å². The number of ketones is 2. The van der Waals surface area contributed by atoms with E-state index >= 15 is 0 Å². The largest absolute Gasteiger partial charge is 0.504 e. The van der Waals surface area contributed by atoms with Gasteiger partial charge in [0.05, 0.1) is 75.7 Å². The number of aliphatic hydroxyl groups is 2. The first-order valence-corrected chi connectivity index (χ1v) is 14.2. The summed E-state index contributed by atoms with van der Waals surface area (Å²) in [5, 5.41) is 22.6. The molecule has 0 aliphatic heterocycles. The number of carbonyl (C=O) groups excluding carboxylic acids is 4. The summed E-state index contributed by atoms with van der Waals surface area (Å²) in [4.78, 5) is 80.2. The molecule has 2 aromatic heterocycles. The molecular formula is C34H28O14. The standard InChI is InChI=1S/C34H28O14/c1-43-15-5-7-23-19(9-15)29(37)21(13-47-23)17(11-25(35)45-3)27-31(39)33(41)28(34(42)32(27)40)18(12-26(36)46-4)22-14-48-24-8-6-16(44-2)10-20(24)30(22)38/h5-10,13-14,17-18,39,42H,11-12H2,1-4H3/t17-,18+. The van der Waals surface area contributed by atoms with Crippen molar-refractivity contribution in [2.45, 2.75) is 24.7 Å². The van der Waals surface area contributed by atoms with Crippen LogP contribution in [-0.4, -0.2) is 62.2 Å². The van der Waals surface area contributed by atoms with E-state index in [0.29, 0.717) is 11.5 Å². The lowest BCUT2D eigenvalue weighted by molar-refractivity contribution is -0.142. The Bertz CT molecular complexity index is 2030. The number of benzene rings is 2. The number of esters is 2. The average Bonchev–Trinajstić information content (AvgIpc) is 3.10. The zero-order chi connectivity index (χ0) is 34.9. The molecule has 2 heterocycles. The van der Waals surface area contributed by atoms with Crippen LogP contribution in [0.5, 0.6) is 11.5 Å². The number of fused-ring (bicyclic) bond motifs is 2. The molecule has 0 unspecified atom stereocenters. The van der Waals surface area contributed by atoms with Crippen molar-refractivity contribution in [3.05, 3.63) is 103 Å². The molecule has 4 aromatic rings. The van der Waals surface area contributed by atoms with E-state index in [4.69, 9.17) is 27.8 Å². The number of ether oxygens (including phenoxy) is 4. The molecule has 48 heavy (non-hydrogen) atoms. The van der Waals surface area contributed by atoms with Gasteiger partial charge in [-0.25, -0.2) is 0 Å². The zero-order valence-electron chi connectivity index (χ0n) is 26.0. The summed E-state index contributed by atoms with van der Waals surface area (Å²) in [6, 6.07) is 8.72. The number of Topliss-reactive ketones (excluding diaryl/α,β-unsaturated/α-hetero) is 2. The molecule has 5 rings (SSSR count). The summed E-state index contributed by atoms with van der Waals surface area (Å²) in [6.45, 7) is 0. The van der Waals surface area contributed by atoms with Crippen molar-refractivity contribution in [1.29, 1.82) is 0 Å². The van der Waals surface area contributed by atoms with Crippen molar-refractivity contribution in [2.75, 3.05) is 28.4 Å². The number of allylic oxidation sites excluding steroid dienone is 2. The maximum atomic E-state index is 13.9. The Labute approximate surface area is 270 Å². The highest BCUT2D eigenvalue weighted by Crippen LogP contribution is 2.40. The molecule has 0 radical (unpaired) electrons. The molecule has 1 aliphatic carbocycles. The van der Waals surface area contributed by atoms with Gasteiger partial charge in [0.15, 0.2) is 22.4 Å². The molecule has 0 saturated carbocycles. The van der Waals surface area contributed by atoms with Gasteiger partial charge in [-0.15, -0.1) is 0 Å². The number of hydrogen-bond donors (Lipinski definition) is 2. The van der Waals surface area contributed by atoms with E-state index < -0.39 is 81.7 Å². The van der Waals surface area contributed by atoms with Gasteiger partial charge in [-0.1, -0.05) is 0 Å². The fourth-order valence-electron chi connectivity index (χ4n) is 5.58. The van der Waals surface area contributed by atoms with Crippen molar-refractivity contribution in [2.24, 2.45) is 0 Å². The van der Waals surface area contributed by atoms with E-state index in [2.05, 4.69) is 0 Å². The van der Waals surface area contributed by atoms with Crippen LogP contribution in [0.25, 0.3) is 21.9 Å². The fourth-order valence-corrected chi connectivity index (χ4v) is 5.58. The van der Waals surface area contributed by atoms with Crippen molar-refractivity contribution < 1.29 is 57.2 Å². The third kappa shape index (κ3) is 5.79. The Balaban J connectivity index is 1.69. The maximum absolute atomic E-state index is 13.9. The number of carbonyl (C=O) groups is 4. The van der Waals surface area contributed by atoms with Gasteiger partial charge in [0.2, 0.25) is 11.6 Å². The smallest absolute Gasteiger partial charge is 0.306 e. The molecule has 248 valence electrons.